The van der Waals surface area contributed by atoms with Gasteiger partial charge in [0.05, 0.1) is 20.8 Å². The van der Waals surface area contributed by atoms with E-state index >= 15 is 0 Å². The van der Waals surface area contributed by atoms with E-state index in [9.17, 15) is 13.6 Å². The number of hydrogen-bond donors (Lipinski definition) is 2. The topological polar surface area (TPSA) is 59.6 Å². The second kappa shape index (κ2) is 8.98. The average Bonchev–Trinajstić information content (AvgIpc) is 2.61. The fourth-order valence-corrected chi connectivity index (χ4v) is 2.25. The summed E-state index contributed by atoms with van der Waals surface area (Å²) < 4.78 is 36.3. The van der Waals surface area contributed by atoms with Gasteiger partial charge in [-0.25, -0.2) is 8.78 Å². The lowest BCUT2D eigenvalue weighted by Gasteiger charge is -2.10. The summed E-state index contributed by atoms with van der Waals surface area (Å²) in [5.41, 5.74) is 1.25. The number of benzene rings is 2. The summed E-state index contributed by atoms with van der Waals surface area (Å²) in [6.45, 7) is 0.632. The SMILES string of the molecule is COc1ccc(CCNCC(=O)Nc2ccc(F)c(F)c2)cc1OC. The number of amides is 1. The summed E-state index contributed by atoms with van der Waals surface area (Å²) >= 11 is 0. The minimum absolute atomic E-state index is 0.0618. The van der Waals surface area contributed by atoms with E-state index in [2.05, 4.69) is 10.6 Å². The molecule has 0 aliphatic rings. The van der Waals surface area contributed by atoms with E-state index in [-0.39, 0.29) is 18.1 Å². The molecule has 0 aliphatic carbocycles. The smallest absolute Gasteiger partial charge is 0.238 e. The van der Waals surface area contributed by atoms with Gasteiger partial charge in [-0.05, 0) is 42.8 Å². The molecule has 0 atom stereocenters. The molecule has 0 spiro atoms. The van der Waals surface area contributed by atoms with Crippen LogP contribution in [-0.4, -0.2) is 33.2 Å². The van der Waals surface area contributed by atoms with E-state index in [0.29, 0.717) is 24.5 Å². The summed E-state index contributed by atoms with van der Waals surface area (Å²) in [4.78, 5) is 11.8. The van der Waals surface area contributed by atoms with Gasteiger partial charge in [0.1, 0.15) is 0 Å². The number of ether oxygens (including phenoxy) is 2. The second-order valence-electron chi connectivity index (χ2n) is 5.29. The highest BCUT2D eigenvalue weighted by atomic mass is 19.2. The molecule has 2 rings (SSSR count). The molecule has 0 aliphatic heterocycles. The molecular formula is C18H20F2N2O3. The second-order valence-corrected chi connectivity index (χ2v) is 5.29. The zero-order valence-corrected chi connectivity index (χ0v) is 14.1. The van der Waals surface area contributed by atoms with Crippen LogP contribution in [0.1, 0.15) is 5.56 Å². The van der Waals surface area contributed by atoms with Gasteiger partial charge >= 0.3 is 0 Å². The first kappa shape index (κ1) is 18.7. The number of carbonyl (C=O) groups excluding carboxylic acids is 1. The fraction of sp³-hybridized carbons (Fsp3) is 0.278. The van der Waals surface area contributed by atoms with E-state index in [1.807, 2.05) is 18.2 Å². The molecule has 5 nitrogen and oxygen atoms in total. The van der Waals surface area contributed by atoms with Gasteiger partial charge in [-0.15, -0.1) is 0 Å². The Morgan fingerprint density at radius 2 is 1.76 bits per heavy atom. The minimum atomic E-state index is -1.00. The predicted molar refractivity (Wildman–Crippen MR) is 91.1 cm³/mol. The van der Waals surface area contributed by atoms with E-state index in [0.717, 1.165) is 17.7 Å². The highest BCUT2D eigenvalue weighted by molar-refractivity contribution is 5.92. The molecule has 0 radical (unpaired) electrons. The van der Waals surface area contributed by atoms with Crippen molar-refractivity contribution in [3.8, 4) is 11.5 Å². The largest absolute Gasteiger partial charge is 0.493 e. The van der Waals surface area contributed by atoms with Gasteiger partial charge in [-0.1, -0.05) is 6.07 Å². The quantitative estimate of drug-likeness (QED) is 0.719. The Morgan fingerprint density at radius 1 is 1.00 bits per heavy atom. The Bertz CT molecular complexity index is 738. The lowest BCUT2D eigenvalue weighted by molar-refractivity contribution is -0.115. The average molecular weight is 350 g/mol. The molecule has 0 unspecified atom stereocenters. The lowest BCUT2D eigenvalue weighted by atomic mass is 10.1. The van der Waals surface area contributed by atoms with E-state index < -0.39 is 11.6 Å². The number of rotatable bonds is 8. The summed E-state index contributed by atoms with van der Waals surface area (Å²) in [5, 5.41) is 5.49. The molecule has 0 bridgehead atoms. The van der Waals surface area contributed by atoms with Gasteiger partial charge in [-0.3, -0.25) is 4.79 Å². The molecule has 0 fully saturated rings. The predicted octanol–water partition coefficient (Wildman–Crippen LogP) is 2.75. The number of methoxy groups -OCH3 is 2. The van der Waals surface area contributed by atoms with Crippen LogP contribution in [-0.2, 0) is 11.2 Å². The Balaban J connectivity index is 1.77. The Morgan fingerprint density at radius 3 is 2.44 bits per heavy atom. The molecule has 0 saturated carbocycles. The molecule has 2 aromatic carbocycles. The van der Waals surface area contributed by atoms with Gasteiger partial charge in [0.25, 0.3) is 0 Å². The molecular weight excluding hydrogens is 330 g/mol. The summed E-state index contributed by atoms with van der Waals surface area (Å²) in [6, 6.07) is 8.84. The van der Waals surface area contributed by atoms with E-state index in [4.69, 9.17) is 9.47 Å². The third-order valence-corrected chi connectivity index (χ3v) is 3.53. The molecule has 2 N–H and O–H groups in total. The first-order valence-corrected chi connectivity index (χ1v) is 7.70. The molecule has 0 saturated heterocycles. The molecule has 25 heavy (non-hydrogen) atoms. The maximum absolute atomic E-state index is 13.1. The Labute approximate surface area is 144 Å². The number of nitrogens with one attached hydrogen (secondary N) is 2. The van der Waals surface area contributed by atoms with Crippen LogP contribution in [0.5, 0.6) is 11.5 Å². The van der Waals surface area contributed by atoms with Gasteiger partial charge in [0.15, 0.2) is 23.1 Å². The van der Waals surface area contributed by atoms with Crippen molar-refractivity contribution < 1.29 is 23.0 Å². The van der Waals surface area contributed by atoms with Crippen LogP contribution < -0.4 is 20.1 Å². The van der Waals surface area contributed by atoms with Crippen LogP contribution in [0.4, 0.5) is 14.5 Å². The van der Waals surface area contributed by atoms with Crippen LogP contribution in [0.25, 0.3) is 0 Å². The van der Waals surface area contributed by atoms with Crippen molar-refractivity contribution in [2.75, 3.05) is 32.6 Å². The summed E-state index contributed by atoms with van der Waals surface area (Å²) in [5.74, 6) is -0.982. The van der Waals surface area contributed by atoms with Gasteiger partial charge in [-0.2, -0.15) is 0 Å². The number of hydrogen-bond acceptors (Lipinski definition) is 4. The highest BCUT2D eigenvalue weighted by Gasteiger charge is 2.07. The van der Waals surface area contributed by atoms with Crippen molar-refractivity contribution in [2.45, 2.75) is 6.42 Å². The summed E-state index contributed by atoms with van der Waals surface area (Å²) in [7, 11) is 3.15. The lowest BCUT2D eigenvalue weighted by Crippen LogP contribution is -2.29. The van der Waals surface area contributed by atoms with Gasteiger partial charge in [0, 0.05) is 11.8 Å². The first-order chi connectivity index (χ1) is 12.0. The zero-order chi connectivity index (χ0) is 18.2. The molecule has 7 heteroatoms. The maximum atomic E-state index is 13.1. The molecule has 0 aromatic heterocycles. The third-order valence-electron chi connectivity index (χ3n) is 3.53. The van der Waals surface area contributed by atoms with Crippen molar-refractivity contribution in [3.05, 3.63) is 53.6 Å². The third kappa shape index (κ3) is 5.42. The fourth-order valence-electron chi connectivity index (χ4n) is 2.25. The molecule has 1 amide bonds. The number of halogens is 2. The van der Waals surface area contributed by atoms with E-state index in [1.165, 1.54) is 6.07 Å². The van der Waals surface area contributed by atoms with Crippen LogP contribution in [0, 0.1) is 11.6 Å². The molecule has 2 aromatic rings. The number of anilines is 1. The van der Waals surface area contributed by atoms with Crippen molar-refractivity contribution >= 4 is 11.6 Å². The van der Waals surface area contributed by atoms with Crippen molar-refractivity contribution in [1.82, 2.24) is 5.32 Å². The summed E-state index contributed by atoms with van der Waals surface area (Å²) in [6.07, 6.45) is 0.693. The molecule has 134 valence electrons. The van der Waals surface area contributed by atoms with Crippen LogP contribution in [0.2, 0.25) is 0 Å². The van der Waals surface area contributed by atoms with Crippen molar-refractivity contribution in [2.24, 2.45) is 0 Å². The van der Waals surface area contributed by atoms with Crippen molar-refractivity contribution in [1.29, 1.82) is 0 Å². The number of carbonyl (C=O) groups is 1. The molecule has 0 heterocycles. The van der Waals surface area contributed by atoms with Crippen LogP contribution in [0.15, 0.2) is 36.4 Å². The Kier molecular flexibility index (Phi) is 6.71. The minimum Gasteiger partial charge on any atom is -0.493 e. The zero-order valence-electron chi connectivity index (χ0n) is 14.1. The highest BCUT2D eigenvalue weighted by Crippen LogP contribution is 2.27. The standard InChI is InChI=1S/C18H20F2N2O3/c1-24-16-6-3-12(9-17(16)25-2)7-8-21-11-18(23)22-13-4-5-14(19)15(20)10-13/h3-6,9-10,21H,7-8,11H2,1-2H3,(H,22,23). The maximum Gasteiger partial charge on any atom is 0.238 e. The van der Waals surface area contributed by atoms with E-state index in [1.54, 1.807) is 14.2 Å². The monoisotopic (exact) mass is 350 g/mol. The Hall–Kier alpha value is -2.67. The van der Waals surface area contributed by atoms with Gasteiger partial charge < -0.3 is 20.1 Å². The van der Waals surface area contributed by atoms with Crippen molar-refractivity contribution in [3.63, 3.8) is 0 Å². The van der Waals surface area contributed by atoms with Gasteiger partial charge in [0.2, 0.25) is 5.91 Å². The normalized spacial score (nSPS) is 10.4. The van der Waals surface area contributed by atoms with Crippen LogP contribution >= 0.6 is 0 Å². The first-order valence-electron chi connectivity index (χ1n) is 7.70. The van der Waals surface area contributed by atoms with Crippen LogP contribution in [0.3, 0.4) is 0 Å².